The molecule has 0 aliphatic heterocycles. The van der Waals surface area contributed by atoms with Crippen LogP contribution in [0, 0.1) is 6.92 Å². The first-order valence-corrected chi connectivity index (χ1v) is 10.2. The summed E-state index contributed by atoms with van der Waals surface area (Å²) in [4.78, 5) is 10.4. The molecule has 0 amide bonds. The molecule has 0 fully saturated rings. The Morgan fingerprint density at radius 3 is 2.62 bits per heavy atom. The lowest BCUT2D eigenvalue weighted by atomic mass is 10.1. The minimum absolute atomic E-state index is 0.240. The van der Waals surface area contributed by atoms with Gasteiger partial charge in [-0.1, -0.05) is 0 Å². The molecule has 0 radical (unpaired) electrons. The lowest BCUT2D eigenvalue weighted by Gasteiger charge is -2.10. The zero-order valence-electron chi connectivity index (χ0n) is 16.8. The second-order valence-corrected chi connectivity index (χ2v) is 8.08. The third-order valence-corrected chi connectivity index (χ3v) is 6.06. The van der Waals surface area contributed by atoms with Crippen molar-refractivity contribution < 1.29 is 5.11 Å². The van der Waals surface area contributed by atoms with Gasteiger partial charge in [0.2, 0.25) is 0 Å². The molecule has 4 rings (SSSR count). The molecule has 0 saturated heterocycles. The zero-order chi connectivity index (χ0) is 20.9. The van der Waals surface area contributed by atoms with E-state index in [1.54, 1.807) is 16.9 Å². The predicted octanol–water partition coefficient (Wildman–Crippen LogP) is 2.25. The van der Waals surface area contributed by atoms with Crippen LogP contribution in [0.15, 0.2) is 18.3 Å². The van der Waals surface area contributed by atoms with Gasteiger partial charge in [0.25, 0.3) is 0 Å². The van der Waals surface area contributed by atoms with Gasteiger partial charge in [0, 0.05) is 25.0 Å². The molecule has 5 N–H and O–H groups in total. The lowest BCUT2D eigenvalue weighted by Crippen LogP contribution is -2.12. The van der Waals surface area contributed by atoms with Crippen LogP contribution in [0.4, 0.5) is 0 Å². The summed E-state index contributed by atoms with van der Waals surface area (Å²) in [6, 6.07) is 3.52. The summed E-state index contributed by atoms with van der Waals surface area (Å²) in [5, 5.41) is 20.5. The number of aliphatic hydroxyl groups excluding tert-OH is 1. The fourth-order valence-electron chi connectivity index (χ4n) is 3.37. The Morgan fingerprint density at radius 1 is 1.21 bits per heavy atom. The summed E-state index contributed by atoms with van der Waals surface area (Å²) in [5.74, 6) is 0. The number of hydrogen-bond donors (Lipinski definition) is 3. The Balaban J connectivity index is 1.99. The first-order chi connectivity index (χ1) is 13.8. The Bertz CT molecular complexity index is 1190. The second-order valence-electron chi connectivity index (χ2n) is 7.05. The van der Waals surface area contributed by atoms with Crippen LogP contribution in [0.25, 0.3) is 33.0 Å². The SMILES string of the molecule is CCn1nc(C)cc1-c1nc(-c2nc(C(N)O)cc3c2cnn3C)c(C(C)N)s1. The van der Waals surface area contributed by atoms with Gasteiger partial charge in [-0.05, 0) is 32.9 Å². The predicted molar refractivity (Wildman–Crippen MR) is 113 cm³/mol. The average Bonchev–Trinajstić information content (AvgIpc) is 3.37. The number of nitrogens with two attached hydrogens (primary N) is 2. The molecule has 0 aliphatic carbocycles. The van der Waals surface area contributed by atoms with Crippen LogP contribution in [0.1, 0.15) is 42.4 Å². The average molecular weight is 413 g/mol. The van der Waals surface area contributed by atoms with Crippen LogP contribution < -0.4 is 11.5 Å². The number of aliphatic hydroxyl groups is 1. The Kier molecular flexibility index (Phi) is 4.95. The summed E-state index contributed by atoms with van der Waals surface area (Å²) in [6.45, 7) is 6.67. The molecule has 0 spiro atoms. The maximum atomic E-state index is 9.95. The van der Waals surface area contributed by atoms with Gasteiger partial charge in [-0.3, -0.25) is 9.36 Å². The summed E-state index contributed by atoms with van der Waals surface area (Å²) in [7, 11) is 1.83. The summed E-state index contributed by atoms with van der Waals surface area (Å²) < 4.78 is 3.65. The largest absolute Gasteiger partial charge is 0.373 e. The molecule has 4 aromatic rings. The molecule has 152 valence electrons. The minimum atomic E-state index is -1.20. The Hall–Kier alpha value is -2.66. The van der Waals surface area contributed by atoms with Gasteiger partial charge in [-0.15, -0.1) is 11.3 Å². The third kappa shape index (κ3) is 3.33. The topological polar surface area (TPSA) is 134 Å². The van der Waals surface area contributed by atoms with Crippen molar-refractivity contribution >= 4 is 22.2 Å². The highest BCUT2D eigenvalue weighted by Crippen LogP contribution is 2.39. The lowest BCUT2D eigenvalue weighted by molar-refractivity contribution is 0.181. The molecule has 10 heteroatoms. The summed E-state index contributed by atoms with van der Waals surface area (Å²) in [5.41, 5.74) is 16.4. The van der Waals surface area contributed by atoms with Gasteiger partial charge in [0.15, 0.2) is 0 Å². The van der Waals surface area contributed by atoms with E-state index in [9.17, 15) is 5.11 Å². The van der Waals surface area contributed by atoms with E-state index in [1.165, 1.54) is 11.3 Å². The van der Waals surface area contributed by atoms with Gasteiger partial charge in [0.05, 0.1) is 33.7 Å². The highest BCUT2D eigenvalue weighted by molar-refractivity contribution is 7.15. The van der Waals surface area contributed by atoms with Crippen LogP contribution in [0.5, 0.6) is 0 Å². The van der Waals surface area contributed by atoms with E-state index in [2.05, 4.69) is 15.2 Å². The number of pyridine rings is 1. The number of aryl methyl sites for hydroxylation is 3. The van der Waals surface area contributed by atoms with Crippen LogP contribution in [0.2, 0.25) is 0 Å². The first kappa shape index (κ1) is 19.6. The molecular formula is C19H24N8OS. The van der Waals surface area contributed by atoms with E-state index >= 15 is 0 Å². The fourth-order valence-corrected chi connectivity index (χ4v) is 4.41. The molecule has 29 heavy (non-hydrogen) atoms. The van der Waals surface area contributed by atoms with Crippen molar-refractivity contribution in [3.63, 3.8) is 0 Å². The van der Waals surface area contributed by atoms with Crippen molar-refractivity contribution in [3.8, 4) is 22.1 Å². The number of aromatic nitrogens is 6. The molecule has 4 heterocycles. The van der Waals surface area contributed by atoms with Crippen LogP contribution in [-0.2, 0) is 13.6 Å². The van der Waals surface area contributed by atoms with Crippen molar-refractivity contribution in [3.05, 3.63) is 34.6 Å². The van der Waals surface area contributed by atoms with Crippen LogP contribution >= 0.6 is 11.3 Å². The minimum Gasteiger partial charge on any atom is -0.373 e. The monoisotopic (exact) mass is 412 g/mol. The normalized spacial score (nSPS) is 13.9. The molecule has 0 saturated carbocycles. The van der Waals surface area contributed by atoms with Gasteiger partial charge >= 0.3 is 0 Å². The van der Waals surface area contributed by atoms with Crippen LogP contribution in [0.3, 0.4) is 0 Å². The van der Waals surface area contributed by atoms with Crippen molar-refractivity contribution in [2.45, 2.75) is 39.6 Å². The van der Waals surface area contributed by atoms with Gasteiger partial charge in [-0.25, -0.2) is 9.97 Å². The molecule has 2 atom stereocenters. The van der Waals surface area contributed by atoms with Crippen molar-refractivity contribution in [1.29, 1.82) is 0 Å². The Labute approximate surface area is 172 Å². The van der Waals surface area contributed by atoms with Crippen molar-refractivity contribution in [1.82, 2.24) is 29.5 Å². The highest BCUT2D eigenvalue weighted by atomic mass is 32.1. The third-order valence-electron chi connectivity index (χ3n) is 4.78. The van der Waals surface area contributed by atoms with E-state index < -0.39 is 6.23 Å². The number of hydrogen-bond acceptors (Lipinski definition) is 8. The zero-order valence-corrected chi connectivity index (χ0v) is 17.6. The second kappa shape index (κ2) is 7.30. The molecule has 0 bridgehead atoms. The number of thiazole rings is 1. The quantitative estimate of drug-likeness (QED) is 0.428. The summed E-state index contributed by atoms with van der Waals surface area (Å²) in [6.07, 6.45) is 0.545. The molecule has 9 nitrogen and oxygen atoms in total. The molecule has 0 aromatic carbocycles. The number of rotatable bonds is 5. The van der Waals surface area contributed by atoms with Crippen LogP contribution in [-0.4, -0.2) is 34.6 Å². The van der Waals surface area contributed by atoms with Gasteiger partial charge in [-0.2, -0.15) is 10.2 Å². The highest BCUT2D eigenvalue weighted by Gasteiger charge is 2.24. The molecule has 0 aliphatic rings. The molecule has 2 unspecified atom stereocenters. The molecule has 4 aromatic heterocycles. The van der Waals surface area contributed by atoms with E-state index in [-0.39, 0.29) is 6.04 Å². The Morgan fingerprint density at radius 2 is 1.97 bits per heavy atom. The van der Waals surface area contributed by atoms with Gasteiger partial charge in [0.1, 0.15) is 22.6 Å². The molecular weight excluding hydrogens is 388 g/mol. The van der Waals surface area contributed by atoms with E-state index in [1.807, 2.05) is 38.6 Å². The smallest absolute Gasteiger partial charge is 0.145 e. The number of nitrogens with zero attached hydrogens (tertiary/aromatic N) is 6. The summed E-state index contributed by atoms with van der Waals surface area (Å²) >= 11 is 1.53. The maximum Gasteiger partial charge on any atom is 0.145 e. The van der Waals surface area contributed by atoms with E-state index in [0.29, 0.717) is 17.1 Å². The first-order valence-electron chi connectivity index (χ1n) is 9.38. The van der Waals surface area contributed by atoms with Gasteiger partial charge < -0.3 is 16.6 Å². The van der Waals surface area contributed by atoms with E-state index in [4.69, 9.17) is 16.5 Å². The van der Waals surface area contributed by atoms with Crippen molar-refractivity contribution in [2.24, 2.45) is 18.5 Å². The van der Waals surface area contributed by atoms with Crippen molar-refractivity contribution in [2.75, 3.05) is 0 Å². The van der Waals surface area contributed by atoms with E-state index in [0.717, 1.165) is 38.7 Å². The number of fused-ring (bicyclic) bond motifs is 1. The fraction of sp³-hybridized carbons (Fsp3) is 0.368. The maximum absolute atomic E-state index is 9.95. The standard InChI is InChI=1S/C19H24N8OS/c1-5-27-14(6-9(2)25-27)19-24-16(17(29-19)10(3)20)15-11-8-22-26(4)13(11)7-12(23-15)18(21)28/h6-8,10,18,28H,5,20-21H2,1-4H3.